The molecule has 5 N–H and O–H groups in total. The van der Waals surface area contributed by atoms with Crippen LogP contribution in [0.3, 0.4) is 0 Å². The molecule has 0 aromatic heterocycles. The minimum Gasteiger partial charge on any atom is -0.445 e. The van der Waals surface area contributed by atoms with E-state index >= 15 is 0 Å². The van der Waals surface area contributed by atoms with Crippen molar-refractivity contribution in [2.75, 3.05) is 25.0 Å². The molecular weight excluding hydrogens is 655 g/mol. The number of ether oxygens (including phenoxy) is 2. The molecule has 3 aromatic rings. The van der Waals surface area contributed by atoms with Crippen LogP contribution in [0.2, 0.25) is 0 Å². The number of carbonyl (C=O) groups is 4. The highest BCUT2D eigenvalue weighted by atomic mass is 19.4. The molecule has 3 rings (SSSR count). The first kappa shape index (κ1) is 39.2. The molecule has 0 saturated heterocycles. The van der Waals surface area contributed by atoms with E-state index in [1.54, 1.807) is 57.2 Å². The number of alkyl carbamates (subject to hydrolysis) is 2. The van der Waals surface area contributed by atoms with E-state index in [2.05, 4.69) is 26.6 Å². The van der Waals surface area contributed by atoms with Crippen molar-refractivity contribution in [3.8, 4) is 0 Å². The van der Waals surface area contributed by atoms with Crippen molar-refractivity contribution < 1.29 is 41.8 Å². The summed E-state index contributed by atoms with van der Waals surface area (Å²) < 4.78 is 49.9. The van der Waals surface area contributed by atoms with Crippen LogP contribution in [-0.4, -0.2) is 55.3 Å². The summed E-state index contributed by atoms with van der Waals surface area (Å²) >= 11 is 0. The van der Waals surface area contributed by atoms with E-state index < -0.39 is 47.4 Å². The third kappa shape index (κ3) is 14.5. The zero-order valence-corrected chi connectivity index (χ0v) is 28.3. The molecule has 0 bridgehead atoms. The molecule has 50 heavy (non-hydrogen) atoms. The van der Waals surface area contributed by atoms with E-state index in [0.717, 1.165) is 17.7 Å². The molecule has 0 aliphatic rings. The molecule has 14 heteroatoms. The minimum absolute atomic E-state index is 0.0269. The van der Waals surface area contributed by atoms with Gasteiger partial charge in [0.15, 0.2) is 0 Å². The van der Waals surface area contributed by atoms with Crippen LogP contribution in [0.1, 0.15) is 67.9 Å². The lowest BCUT2D eigenvalue weighted by atomic mass is 10.1. The van der Waals surface area contributed by atoms with Gasteiger partial charge in [0.05, 0.1) is 16.8 Å². The second-order valence-electron chi connectivity index (χ2n) is 12.3. The maximum absolute atomic E-state index is 13.1. The lowest BCUT2D eigenvalue weighted by molar-refractivity contribution is -0.137. The van der Waals surface area contributed by atoms with Crippen molar-refractivity contribution in [1.29, 1.82) is 0 Å². The predicted octanol–water partition coefficient (Wildman–Crippen LogP) is 6.68. The van der Waals surface area contributed by atoms with Crippen LogP contribution in [0.25, 0.3) is 0 Å². The Balaban J connectivity index is 1.49. The number of unbranched alkanes of at least 4 members (excludes halogenated alkanes) is 1. The standard InChI is InChI=1S/C36H44F3N5O6/c1-35(2,3)50-33(47)42-20-10-9-19-30(44-34(48)49-24-25-13-5-4-6-14-25)32(46)41-22-12-21-40-31(45)28-17-7-8-18-29(28)43-27-16-11-15-26(23-27)36(37,38)39/h4-8,11,13-18,23,30,43H,9-10,12,19-22,24H2,1-3H3,(H,40,45)(H,41,46)(H,42,47)(H,44,48). The lowest BCUT2D eigenvalue weighted by Crippen LogP contribution is -2.47. The normalized spacial score (nSPS) is 11.9. The number of carbonyl (C=O) groups excluding carboxylic acids is 4. The second-order valence-corrected chi connectivity index (χ2v) is 12.3. The van der Waals surface area contributed by atoms with Gasteiger partial charge >= 0.3 is 18.4 Å². The first-order valence-electron chi connectivity index (χ1n) is 16.2. The Morgan fingerprint density at radius 3 is 2.14 bits per heavy atom. The Bertz CT molecular complexity index is 1560. The van der Waals surface area contributed by atoms with E-state index in [4.69, 9.17) is 9.47 Å². The zero-order valence-electron chi connectivity index (χ0n) is 28.3. The third-order valence-electron chi connectivity index (χ3n) is 6.99. The van der Waals surface area contributed by atoms with Gasteiger partial charge in [-0.1, -0.05) is 48.5 Å². The Labute approximate surface area is 289 Å². The summed E-state index contributed by atoms with van der Waals surface area (Å²) in [6.45, 7) is 6.00. The maximum Gasteiger partial charge on any atom is 0.416 e. The quantitative estimate of drug-likeness (QED) is 0.105. The van der Waals surface area contributed by atoms with Crippen molar-refractivity contribution in [1.82, 2.24) is 21.3 Å². The molecule has 0 saturated carbocycles. The van der Waals surface area contributed by atoms with Gasteiger partial charge in [-0.2, -0.15) is 13.2 Å². The number of halogens is 3. The molecule has 0 fully saturated rings. The Kier molecular flexibility index (Phi) is 14.9. The van der Waals surface area contributed by atoms with E-state index in [0.29, 0.717) is 31.5 Å². The van der Waals surface area contributed by atoms with Crippen LogP contribution in [0, 0.1) is 0 Å². The molecule has 1 unspecified atom stereocenters. The second kappa shape index (κ2) is 19.1. The fourth-order valence-corrected chi connectivity index (χ4v) is 4.59. The number of amides is 4. The fourth-order valence-electron chi connectivity index (χ4n) is 4.59. The summed E-state index contributed by atoms with van der Waals surface area (Å²) in [7, 11) is 0. The number of hydrogen-bond donors (Lipinski definition) is 5. The molecule has 270 valence electrons. The molecule has 3 aromatic carbocycles. The predicted molar refractivity (Wildman–Crippen MR) is 183 cm³/mol. The van der Waals surface area contributed by atoms with Gasteiger partial charge in [-0.15, -0.1) is 0 Å². The first-order chi connectivity index (χ1) is 23.7. The average molecular weight is 700 g/mol. The molecule has 4 amide bonds. The Hall–Kier alpha value is -5.27. The van der Waals surface area contributed by atoms with Gasteiger partial charge < -0.3 is 36.1 Å². The minimum atomic E-state index is -4.51. The number of alkyl halides is 3. The highest BCUT2D eigenvalue weighted by Crippen LogP contribution is 2.32. The van der Waals surface area contributed by atoms with Crippen molar-refractivity contribution in [2.24, 2.45) is 0 Å². The average Bonchev–Trinajstić information content (AvgIpc) is 3.06. The topological polar surface area (TPSA) is 147 Å². The molecular formula is C36H44F3N5O6. The van der Waals surface area contributed by atoms with Crippen molar-refractivity contribution >= 4 is 35.4 Å². The van der Waals surface area contributed by atoms with Crippen molar-refractivity contribution in [3.05, 3.63) is 95.6 Å². The van der Waals surface area contributed by atoms with Crippen LogP contribution in [0.4, 0.5) is 34.1 Å². The molecule has 0 spiro atoms. The Morgan fingerprint density at radius 2 is 1.42 bits per heavy atom. The van der Waals surface area contributed by atoms with E-state index in [-0.39, 0.29) is 37.4 Å². The number of anilines is 2. The molecule has 0 aliphatic heterocycles. The largest absolute Gasteiger partial charge is 0.445 e. The smallest absolute Gasteiger partial charge is 0.416 e. The molecule has 0 heterocycles. The van der Waals surface area contributed by atoms with Gasteiger partial charge in [0.2, 0.25) is 5.91 Å². The van der Waals surface area contributed by atoms with Crippen LogP contribution in [-0.2, 0) is 27.1 Å². The van der Waals surface area contributed by atoms with Gasteiger partial charge in [0.25, 0.3) is 5.91 Å². The zero-order chi connectivity index (χ0) is 36.6. The van der Waals surface area contributed by atoms with Gasteiger partial charge in [0, 0.05) is 25.3 Å². The summed E-state index contributed by atoms with van der Waals surface area (Å²) in [6, 6.07) is 19.3. The first-order valence-corrected chi connectivity index (χ1v) is 16.2. The van der Waals surface area contributed by atoms with Gasteiger partial charge in [0.1, 0.15) is 18.2 Å². The molecule has 1 atom stereocenters. The number of benzene rings is 3. The van der Waals surface area contributed by atoms with Crippen LogP contribution < -0.4 is 26.6 Å². The van der Waals surface area contributed by atoms with Crippen molar-refractivity contribution in [3.63, 3.8) is 0 Å². The third-order valence-corrected chi connectivity index (χ3v) is 6.99. The highest BCUT2D eigenvalue weighted by molar-refractivity contribution is 6.00. The summed E-state index contributed by atoms with van der Waals surface area (Å²) in [5.74, 6) is -0.893. The Morgan fingerprint density at radius 1 is 0.740 bits per heavy atom. The van der Waals surface area contributed by atoms with E-state index in [1.807, 2.05) is 18.2 Å². The maximum atomic E-state index is 13.1. The summed E-state index contributed by atoms with van der Waals surface area (Å²) in [5.41, 5.74) is 0.0722. The SMILES string of the molecule is CC(C)(C)OC(=O)NCCCCC(NC(=O)OCc1ccccc1)C(=O)NCCCNC(=O)c1ccccc1Nc1cccc(C(F)(F)F)c1. The van der Waals surface area contributed by atoms with Crippen molar-refractivity contribution in [2.45, 2.75) is 70.9 Å². The number of hydrogen-bond acceptors (Lipinski definition) is 7. The van der Waals surface area contributed by atoms with Gasteiger partial charge in [-0.3, -0.25) is 9.59 Å². The molecule has 0 radical (unpaired) electrons. The summed E-state index contributed by atoms with van der Waals surface area (Å²) in [6.07, 6.45) is -4.16. The van der Waals surface area contributed by atoms with E-state index in [9.17, 15) is 32.3 Å². The fraction of sp³-hybridized carbons (Fsp3) is 0.389. The van der Waals surface area contributed by atoms with Crippen LogP contribution >= 0.6 is 0 Å². The number of rotatable bonds is 16. The lowest BCUT2D eigenvalue weighted by Gasteiger charge is -2.20. The number of para-hydroxylation sites is 1. The summed E-state index contributed by atoms with van der Waals surface area (Å²) in [5, 5.41) is 13.7. The summed E-state index contributed by atoms with van der Waals surface area (Å²) in [4.78, 5) is 50.4. The number of nitrogens with one attached hydrogen (secondary N) is 5. The highest BCUT2D eigenvalue weighted by Gasteiger charge is 2.30. The van der Waals surface area contributed by atoms with Gasteiger partial charge in [-0.25, -0.2) is 9.59 Å². The molecule has 11 nitrogen and oxygen atoms in total. The van der Waals surface area contributed by atoms with Gasteiger partial charge in [-0.05, 0) is 82.3 Å². The van der Waals surface area contributed by atoms with Crippen LogP contribution in [0.5, 0.6) is 0 Å². The monoisotopic (exact) mass is 699 g/mol. The van der Waals surface area contributed by atoms with Crippen LogP contribution in [0.15, 0.2) is 78.9 Å². The molecule has 0 aliphatic carbocycles. The van der Waals surface area contributed by atoms with E-state index in [1.165, 1.54) is 12.1 Å².